The number of nitrogens with one attached hydrogen (secondary N) is 4. The van der Waals surface area contributed by atoms with E-state index in [0.29, 0.717) is 23.0 Å². The van der Waals surface area contributed by atoms with Gasteiger partial charge in [0.05, 0.1) is 23.5 Å². The first-order valence-electron chi connectivity index (χ1n) is 14.9. The lowest BCUT2D eigenvalue weighted by Crippen LogP contribution is -2.43. The number of nitrogens with zero attached hydrogens (tertiary/aromatic N) is 4. The van der Waals surface area contributed by atoms with Crippen LogP contribution >= 0.6 is 0 Å². The summed E-state index contributed by atoms with van der Waals surface area (Å²) < 4.78 is 58.1. The molecule has 46 heavy (non-hydrogen) atoms. The van der Waals surface area contributed by atoms with E-state index < -0.39 is 43.3 Å². The van der Waals surface area contributed by atoms with Crippen LogP contribution in [-0.4, -0.2) is 73.6 Å². The van der Waals surface area contributed by atoms with Gasteiger partial charge in [-0.15, -0.1) is 0 Å². The zero-order chi connectivity index (χ0) is 34.2. The second kappa shape index (κ2) is 13.0. The van der Waals surface area contributed by atoms with Crippen LogP contribution in [0.15, 0.2) is 60.9 Å². The Labute approximate surface area is 273 Å². The highest BCUT2D eigenvalue weighted by Crippen LogP contribution is 2.35. The number of aromatic nitrogens is 4. The molecule has 0 radical (unpaired) electrons. The zero-order valence-corrected chi connectivity index (χ0v) is 29.8. The fourth-order valence-electron chi connectivity index (χ4n) is 4.73. The van der Waals surface area contributed by atoms with Crippen molar-refractivity contribution < 1.29 is 16.8 Å². The summed E-state index contributed by atoms with van der Waals surface area (Å²) in [6, 6.07) is 14.9. The molecule has 2 atom stereocenters. The molecule has 0 spiro atoms. The monoisotopic (exact) mass is 670 g/mol. The summed E-state index contributed by atoms with van der Waals surface area (Å²) in [6.45, 7) is 11.8. The minimum Gasteiger partial charge on any atom is -0.347 e. The number of imidazole rings is 2. The lowest BCUT2D eigenvalue weighted by molar-refractivity contribution is 0.290. The number of benzene rings is 2. The predicted molar refractivity (Wildman–Crippen MR) is 183 cm³/mol. The lowest BCUT2D eigenvalue weighted by Gasteiger charge is -2.30. The van der Waals surface area contributed by atoms with Crippen molar-refractivity contribution in [1.29, 1.82) is 0 Å². The molecule has 0 unspecified atom stereocenters. The van der Waals surface area contributed by atoms with Crippen LogP contribution < -0.4 is 9.44 Å². The Balaban J connectivity index is 1.52. The summed E-state index contributed by atoms with van der Waals surface area (Å²) in [5.41, 5.74) is 4.41. The van der Waals surface area contributed by atoms with E-state index in [9.17, 15) is 16.8 Å². The van der Waals surface area contributed by atoms with E-state index in [-0.39, 0.29) is 0 Å². The van der Waals surface area contributed by atoms with E-state index in [1.807, 2.05) is 90.1 Å². The molecular weight excluding hydrogens is 625 g/mol. The fourth-order valence-corrected chi connectivity index (χ4v) is 6.67. The number of hydrogen-bond acceptors (Lipinski definition) is 6. The van der Waals surface area contributed by atoms with Crippen LogP contribution in [0.4, 0.5) is 0 Å². The van der Waals surface area contributed by atoms with Gasteiger partial charge in [0.25, 0.3) is 20.4 Å². The van der Waals surface area contributed by atoms with Gasteiger partial charge in [0, 0.05) is 51.7 Å². The number of hydrogen-bond donors (Lipinski definition) is 4. The van der Waals surface area contributed by atoms with E-state index in [1.165, 1.54) is 28.2 Å². The molecule has 0 aliphatic carbocycles. The summed E-state index contributed by atoms with van der Waals surface area (Å²) in [5.74, 6) is 1.08. The van der Waals surface area contributed by atoms with Crippen molar-refractivity contribution in [2.45, 2.75) is 53.6 Å². The third-order valence-electron chi connectivity index (χ3n) is 7.66. The van der Waals surface area contributed by atoms with Gasteiger partial charge in [0.2, 0.25) is 0 Å². The molecule has 2 heterocycles. The molecule has 0 bridgehead atoms. The van der Waals surface area contributed by atoms with Crippen molar-refractivity contribution in [3.63, 3.8) is 0 Å². The topological polar surface area (TPSA) is 156 Å². The van der Waals surface area contributed by atoms with Gasteiger partial charge in [-0.25, -0.2) is 9.97 Å². The van der Waals surface area contributed by atoms with Gasteiger partial charge >= 0.3 is 0 Å². The summed E-state index contributed by atoms with van der Waals surface area (Å²) in [6.07, 6.45) is 3.57. The van der Waals surface area contributed by atoms with Gasteiger partial charge in [0.15, 0.2) is 0 Å². The Kier molecular flexibility index (Phi) is 10.0. The van der Waals surface area contributed by atoms with E-state index in [0.717, 1.165) is 30.9 Å². The molecule has 0 aliphatic heterocycles. The standard InChI is InChI=1S/C32H46N8O4S2/c1-31(2,3)27(37-45(41,42)39(7)8)29-33-19-25(35-29)23-15-11-21(12-16-23)22-13-17-24(18-14-22)26-20-34-30(36-26)28(32(4,5)6)38-46(43,44)40(9)10/h11-20,27-28,37-38H,1-10H3,(H,33,35)(H,34,36)/t27-,28-/m1/s1. The highest BCUT2D eigenvalue weighted by Gasteiger charge is 2.34. The maximum atomic E-state index is 12.6. The van der Waals surface area contributed by atoms with Gasteiger partial charge in [-0.05, 0) is 22.0 Å². The van der Waals surface area contributed by atoms with Crippen molar-refractivity contribution in [2.24, 2.45) is 10.8 Å². The van der Waals surface area contributed by atoms with Crippen molar-refractivity contribution in [1.82, 2.24) is 38.0 Å². The third kappa shape index (κ3) is 8.11. The average Bonchev–Trinajstić information content (AvgIpc) is 3.64. The van der Waals surface area contributed by atoms with Gasteiger partial charge < -0.3 is 9.97 Å². The van der Waals surface area contributed by atoms with E-state index in [2.05, 4.69) is 19.4 Å². The predicted octanol–water partition coefficient (Wildman–Crippen LogP) is 5.10. The Morgan fingerprint density at radius 1 is 0.565 bits per heavy atom. The highest BCUT2D eigenvalue weighted by molar-refractivity contribution is 7.87. The summed E-state index contributed by atoms with van der Waals surface area (Å²) in [4.78, 5) is 15.8. The Morgan fingerprint density at radius 3 is 1.11 bits per heavy atom. The molecule has 0 amide bonds. The van der Waals surface area contributed by atoms with Crippen LogP contribution in [0.5, 0.6) is 0 Å². The second-order valence-electron chi connectivity index (χ2n) is 13.9. The Morgan fingerprint density at radius 2 is 0.848 bits per heavy atom. The number of aromatic amines is 2. The fraction of sp³-hybridized carbons (Fsp3) is 0.438. The maximum absolute atomic E-state index is 12.6. The summed E-state index contributed by atoms with van der Waals surface area (Å²) >= 11 is 0. The van der Waals surface area contributed by atoms with Crippen LogP contribution in [0.25, 0.3) is 33.6 Å². The quantitative estimate of drug-likeness (QED) is 0.174. The molecule has 14 heteroatoms. The summed E-state index contributed by atoms with van der Waals surface area (Å²) in [5, 5.41) is 0. The molecule has 0 saturated heterocycles. The maximum Gasteiger partial charge on any atom is 0.279 e. The lowest BCUT2D eigenvalue weighted by atomic mass is 9.87. The van der Waals surface area contributed by atoms with Crippen molar-refractivity contribution in [2.75, 3.05) is 28.2 Å². The van der Waals surface area contributed by atoms with Gasteiger partial charge in [-0.1, -0.05) is 90.1 Å². The van der Waals surface area contributed by atoms with E-state index >= 15 is 0 Å². The third-order valence-corrected chi connectivity index (χ3v) is 10.7. The van der Waals surface area contributed by atoms with Gasteiger partial charge in [-0.2, -0.15) is 34.9 Å². The van der Waals surface area contributed by atoms with Crippen LogP contribution in [0.1, 0.15) is 65.3 Å². The molecule has 12 nitrogen and oxygen atoms in total. The highest BCUT2D eigenvalue weighted by atomic mass is 32.2. The Hall–Kier alpha value is -3.40. The molecule has 0 saturated carbocycles. The minimum absolute atomic E-state index is 0.427. The number of rotatable bonds is 11. The molecule has 2 aromatic heterocycles. The van der Waals surface area contributed by atoms with Gasteiger partial charge in [-0.3, -0.25) is 0 Å². The first-order chi connectivity index (χ1) is 21.2. The Bertz CT molecular complexity index is 1710. The van der Waals surface area contributed by atoms with E-state index in [1.54, 1.807) is 12.4 Å². The first kappa shape index (κ1) is 35.5. The van der Waals surface area contributed by atoms with Crippen molar-refractivity contribution >= 4 is 20.4 Å². The molecule has 2 aromatic carbocycles. The average molecular weight is 671 g/mol. The van der Waals surface area contributed by atoms with E-state index in [4.69, 9.17) is 9.97 Å². The summed E-state index contributed by atoms with van der Waals surface area (Å²) in [7, 11) is -1.38. The molecule has 4 aromatic rings. The second-order valence-corrected chi connectivity index (χ2v) is 17.7. The van der Waals surface area contributed by atoms with Crippen LogP contribution in [-0.2, 0) is 20.4 Å². The molecule has 0 aliphatic rings. The SMILES string of the molecule is CN(C)S(=O)(=O)N[C@H](c1nc(-c2ccc(-c3ccc(-c4c[nH]c([C@@H](NS(=O)(=O)N(C)C)C(C)(C)C)n4)cc3)cc2)c[nH]1)C(C)(C)C. The smallest absolute Gasteiger partial charge is 0.279 e. The molecule has 4 rings (SSSR count). The van der Waals surface area contributed by atoms with Crippen LogP contribution in [0, 0.1) is 10.8 Å². The number of H-pyrrole nitrogens is 2. The minimum atomic E-state index is -3.67. The zero-order valence-electron chi connectivity index (χ0n) is 28.2. The largest absolute Gasteiger partial charge is 0.347 e. The molecular formula is C32H46N8O4S2. The first-order valence-corrected chi connectivity index (χ1v) is 17.8. The van der Waals surface area contributed by atoms with Crippen molar-refractivity contribution in [3.8, 4) is 33.6 Å². The van der Waals surface area contributed by atoms with Crippen LogP contribution in [0.3, 0.4) is 0 Å². The molecule has 250 valence electrons. The van der Waals surface area contributed by atoms with Crippen LogP contribution in [0.2, 0.25) is 0 Å². The van der Waals surface area contributed by atoms with Crippen molar-refractivity contribution in [3.05, 3.63) is 72.6 Å². The van der Waals surface area contributed by atoms with Gasteiger partial charge in [0.1, 0.15) is 11.6 Å². The molecule has 4 N–H and O–H groups in total. The normalized spacial score (nSPS) is 14.6. The molecule has 0 fully saturated rings.